The van der Waals surface area contributed by atoms with Crippen molar-refractivity contribution in [1.29, 1.82) is 0 Å². The molecule has 491 valence electrons. The van der Waals surface area contributed by atoms with Crippen molar-refractivity contribution in [2.45, 2.75) is 39.1 Å². The number of aliphatic hydroxyl groups excluding tert-OH is 3. The summed E-state index contributed by atoms with van der Waals surface area (Å²) in [6, 6.07) is 0. The van der Waals surface area contributed by atoms with Gasteiger partial charge in [-0.3, -0.25) is 102 Å². The maximum atomic E-state index is 11.1. The van der Waals surface area contributed by atoms with Crippen LogP contribution in [0, 0.1) is 39.9 Å². The predicted octanol–water partition coefficient (Wildman–Crippen LogP) is -7.23. The number of rotatable bonds is 24. The molecule has 3 aliphatic rings. The molecule has 0 aromatic heterocycles. The summed E-state index contributed by atoms with van der Waals surface area (Å²) < 4.78 is 0. The summed E-state index contributed by atoms with van der Waals surface area (Å²) in [5.74, 6) is -8.66. The first-order valence-electron chi connectivity index (χ1n) is 28.1. The Morgan fingerprint density at radius 2 is 0.310 bits per heavy atom. The molecular weight excluding hydrogens is 1350 g/mol. The van der Waals surface area contributed by atoms with E-state index < -0.39 is 72.0 Å². The fourth-order valence-electron chi connectivity index (χ4n) is 9.55. The van der Waals surface area contributed by atoms with Crippen LogP contribution in [-0.2, 0) is 43.2 Å². The molecule has 0 bridgehead atoms. The number of carbonyl (C=O) groups is 9. The van der Waals surface area contributed by atoms with E-state index in [1.807, 2.05) is 14.7 Å². The number of aliphatic hydroxyl groups is 3. The number of aliphatic carboxylic acids is 9. The van der Waals surface area contributed by atoms with Crippen molar-refractivity contribution in [3.05, 3.63) is 0 Å². The molecule has 0 aliphatic carbocycles. The molecule has 33 nitrogen and oxygen atoms in total. The van der Waals surface area contributed by atoms with Gasteiger partial charge in [0.05, 0.1) is 77.2 Å². The van der Waals surface area contributed by atoms with Gasteiger partial charge in [-0.15, -0.1) is 0 Å². The molecule has 36 heteroatoms. The Morgan fingerprint density at radius 1 is 0.230 bits per heavy atom. The van der Waals surface area contributed by atoms with Gasteiger partial charge in [0.15, 0.2) is 0 Å². The first-order valence-corrected chi connectivity index (χ1v) is 28.1. The SMILES string of the molecule is CC(O)CN1CCN(CC(=O)O)CCN(CC(=O)O)CCN(CC(=O)O)CC1.CC(O)CN1CCN(CC(=O)O)CCN(CC(=O)O)CCN(CC(=O)O)CC1.CC(O)CN1CCN(CC(=O)O)CCN(CC(=O)O)CCN(CC(=O)O)CC1.[Ca+2].[Ca+2].[Gd+3]. The van der Waals surface area contributed by atoms with Gasteiger partial charge in [0.2, 0.25) is 0 Å². The molecule has 3 atom stereocenters. The molecule has 3 rings (SSSR count). The molecule has 0 saturated carbocycles. The molecule has 3 fully saturated rings. The van der Waals surface area contributed by atoms with Gasteiger partial charge in [-0.2, -0.15) is 0 Å². The average Bonchev–Trinajstić information content (AvgIpc) is 3.47. The van der Waals surface area contributed by atoms with Crippen LogP contribution in [0.3, 0.4) is 0 Å². The molecule has 3 heterocycles. The Kier molecular flexibility index (Phi) is 53.5. The van der Waals surface area contributed by atoms with Crippen LogP contribution in [0.4, 0.5) is 0 Å². The molecule has 3 aliphatic heterocycles. The second kappa shape index (κ2) is 51.9. The van der Waals surface area contributed by atoms with E-state index in [2.05, 4.69) is 0 Å². The Bertz CT molecular complexity index is 1690. The zero-order valence-electron chi connectivity index (χ0n) is 50.9. The zero-order chi connectivity index (χ0) is 63.3. The van der Waals surface area contributed by atoms with Crippen molar-refractivity contribution in [2.75, 3.05) is 236 Å². The Hall–Kier alpha value is -1.53. The van der Waals surface area contributed by atoms with Gasteiger partial charge in [-0.05, 0) is 20.8 Å². The van der Waals surface area contributed by atoms with Crippen LogP contribution in [0.2, 0.25) is 0 Å². The zero-order valence-corrected chi connectivity index (χ0v) is 57.5. The van der Waals surface area contributed by atoms with E-state index in [4.69, 9.17) is 46.0 Å². The van der Waals surface area contributed by atoms with Gasteiger partial charge < -0.3 is 61.3 Å². The summed E-state index contributed by atoms with van der Waals surface area (Å²) in [7, 11) is 0. The van der Waals surface area contributed by atoms with Gasteiger partial charge in [0.1, 0.15) is 0 Å². The topological polar surface area (TPSA) is 435 Å². The fraction of sp³-hybridized carbons (Fsp3) is 0.824. The number of nitrogens with zero attached hydrogens (tertiary/aromatic N) is 12. The molecule has 3 unspecified atom stereocenters. The van der Waals surface area contributed by atoms with Crippen LogP contribution in [0.1, 0.15) is 20.8 Å². The van der Waals surface area contributed by atoms with Gasteiger partial charge >= 0.3 is 169 Å². The van der Waals surface area contributed by atoms with E-state index in [1.165, 1.54) is 0 Å². The third-order valence-corrected chi connectivity index (χ3v) is 13.6. The number of carboxylic acid groups (broad SMARTS) is 9. The molecule has 1 radical (unpaired) electrons. The minimum atomic E-state index is -0.982. The average molecular weight is 1450 g/mol. The standard InChI is InChI=1S/3C17H32N4O7.2Ca.Gd/c3*1-14(22)10-18-2-4-19(11-15(23)24)6-8-21(13-17(27)28)9-7-20(5-3-18)12-16(25)26;;;/h3*14,22H,2-13H2,1H3,(H,23,24)(H,25,26)(H,27,28);;;/q;;;2*+2;+3. The molecule has 87 heavy (non-hydrogen) atoms. The van der Waals surface area contributed by atoms with Crippen LogP contribution < -0.4 is 0 Å². The monoisotopic (exact) mass is 1450 g/mol. The number of hydrogen-bond acceptors (Lipinski definition) is 24. The van der Waals surface area contributed by atoms with Gasteiger partial charge in [-0.25, -0.2) is 0 Å². The fourth-order valence-corrected chi connectivity index (χ4v) is 9.55. The Balaban J connectivity index is -0.00000120. The van der Waals surface area contributed by atoms with Crippen LogP contribution in [0.5, 0.6) is 0 Å². The van der Waals surface area contributed by atoms with Crippen LogP contribution >= 0.6 is 0 Å². The normalized spacial score (nSPS) is 20.1. The van der Waals surface area contributed by atoms with E-state index in [0.29, 0.717) is 177 Å². The maximum Gasteiger partial charge on any atom is 3.00 e. The molecule has 0 spiro atoms. The summed E-state index contributed by atoms with van der Waals surface area (Å²) in [6.45, 7) is 15.3. The smallest absolute Gasteiger partial charge is 0.480 e. The first kappa shape index (κ1) is 89.7. The number of hydrogen-bond donors (Lipinski definition) is 12. The Morgan fingerprint density at radius 3 is 0.379 bits per heavy atom. The number of carboxylic acids is 9. The molecular formula is C51H96Ca2GdN12O21+7. The molecule has 12 N–H and O–H groups in total. The molecule has 3 saturated heterocycles. The summed E-state index contributed by atoms with van der Waals surface area (Å²) in [5.41, 5.74) is 0. The van der Waals surface area contributed by atoms with Crippen molar-refractivity contribution < 1.29 is 144 Å². The molecule has 0 aromatic rings. The van der Waals surface area contributed by atoms with Gasteiger partial charge in [0.25, 0.3) is 0 Å². The van der Waals surface area contributed by atoms with E-state index in [-0.39, 0.29) is 174 Å². The minimum Gasteiger partial charge on any atom is -0.480 e. The van der Waals surface area contributed by atoms with Crippen LogP contribution in [0.25, 0.3) is 0 Å². The third-order valence-electron chi connectivity index (χ3n) is 13.6. The minimum absolute atomic E-state index is 0. The predicted molar refractivity (Wildman–Crippen MR) is 313 cm³/mol. The first-order chi connectivity index (χ1) is 39.5. The second-order valence-corrected chi connectivity index (χ2v) is 21.5. The molecule has 0 aromatic carbocycles. The summed E-state index contributed by atoms with van der Waals surface area (Å²) in [5, 5.41) is 111. The summed E-state index contributed by atoms with van der Waals surface area (Å²) in [6.07, 6.45) is -1.67. The van der Waals surface area contributed by atoms with E-state index >= 15 is 0 Å². The van der Waals surface area contributed by atoms with Gasteiger partial charge in [0, 0.05) is 177 Å². The quantitative estimate of drug-likeness (QED) is 0.0400. The van der Waals surface area contributed by atoms with Crippen molar-refractivity contribution >= 4 is 129 Å². The van der Waals surface area contributed by atoms with Crippen molar-refractivity contribution in [1.82, 2.24) is 58.8 Å². The summed E-state index contributed by atoms with van der Waals surface area (Å²) >= 11 is 0. The van der Waals surface area contributed by atoms with E-state index in [0.717, 1.165) is 0 Å². The summed E-state index contributed by atoms with van der Waals surface area (Å²) in [4.78, 5) is 122. The Labute approximate surface area is 601 Å². The third kappa shape index (κ3) is 50.7. The largest absolute Gasteiger partial charge is 3.00 e. The van der Waals surface area contributed by atoms with Crippen molar-refractivity contribution in [3.63, 3.8) is 0 Å². The maximum absolute atomic E-state index is 11.1. The van der Waals surface area contributed by atoms with Crippen molar-refractivity contribution in [3.8, 4) is 0 Å². The van der Waals surface area contributed by atoms with E-state index in [9.17, 15) is 58.5 Å². The van der Waals surface area contributed by atoms with Gasteiger partial charge in [-0.1, -0.05) is 0 Å². The van der Waals surface area contributed by atoms with E-state index in [1.54, 1.807) is 64.9 Å². The van der Waals surface area contributed by atoms with Crippen LogP contribution in [-0.4, -0.2) is 503 Å². The van der Waals surface area contributed by atoms with Crippen LogP contribution in [0.15, 0.2) is 0 Å². The second-order valence-electron chi connectivity index (χ2n) is 21.5. The number of β-amino-alcohol motifs (C(OH)–C–C–N with tert-alkyl or cyclic N) is 3. The van der Waals surface area contributed by atoms with Crippen molar-refractivity contribution in [2.24, 2.45) is 0 Å². The molecule has 0 amide bonds.